The summed E-state index contributed by atoms with van der Waals surface area (Å²) in [4.78, 5) is 35.5. The van der Waals surface area contributed by atoms with Gasteiger partial charge in [0.15, 0.2) is 11.5 Å². The van der Waals surface area contributed by atoms with Crippen molar-refractivity contribution in [3.63, 3.8) is 0 Å². The van der Waals surface area contributed by atoms with Gasteiger partial charge in [0, 0.05) is 18.3 Å². The monoisotopic (exact) mass is 372 g/mol. The molecule has 0 bridgehead atoms. The van der Waals surface area contributed by atoms with E-state index in [1.54, 1.807) is 12.1 Å². The molecule has 0 aromatic carbocycles. The molecule has 1 saturated carbocycles. The summed E-state index contributed by atoms with van der Waals surface area (Å²) in [6.07, 6.45) is 7.18. The lowest BCUT2D eigenvalue weighted by Crippen LogP contribution is -2.39. The fraction of sp³-hybridized carbons (Fsp3) is 0.474. The van der Waals surface area contributed by atoms with Crippen LogP contribution in [0.3, 0.4) is 0 Å². The first kappa shape index (κ1) is 18.9. The van der Waals surface area contributed by atoms with Gasteiger partial charge in [0.1, 0.15) is 11.4 Å². The van der Waals surface area contributed by atoms with Crippen LogP contribution in [0.25, 0.3) is 11.5 Å². The summed E-state index contributed by atoms with van der Waals surface area (Å²) >= 11 is 0. The van der Waals surface area contributed by atoms with Gasteiger partial charge < -0.3 is 20.1 Å². The molecule has 2 aromatic rings. The number of nitrogens with one attached hydrogen (secondary N) is 2. The lowest BCUT2D eigenvalue weighted by atomic mass is 9.84. The Morgan fingerprint density at radius 1 is 1.37 bits per heavy atom. The molecular weight excluding hydrogens is 348 g/mol. The van der Waals surface area contributed by atoms with Crippen LogP contribution in [-0.4, -0.2) is 39.1 Å². The molecule has 0 aliphatic heterocycles. The van der Waals surface area contributed by atoms with Crippen molar-refractivity contribution in [2.45, 2.75) is 45.1 Å². The molecule has 27 heavy (non-hydrogen) atoms. The molecule has 8 heteroatoms. The molecular formula is C19H24N4O4. The van der Waals surface area contributed by atoms with Crippen molar-refractivity contribution in [2.75, 3.05) is 7.11 Å². The van der Waals surface area contributed by atoms with Gasteiger partial charge in [-0.15, -0.1) is 0 Å². The van der Waals surface area contributed by atoms with E-state index in [1.165, 1.54) is 19.7 Å². The van der Waals surface area contributed by atoms with E-state index >= 15 is 0 Å². The number of pyridine rings is 1. The van der Waals surface area contributed by atoms with E-state index in [-0.39, 0.29) is 17.6 Å². The Hall–Kier alpha value is -2.90. The minimum absolute atomic E-state index is 0.0586. The number of aromatic amines is 1. The third kappa shape index (κ3) is 4.27. The van der Waals surface area contributed by atoms with Crippen LogP contribution in [0, 0.1) is 5.92 Å². The maximum absolute atomic E-state index is 12.6. The SMILES string of the molecule is COc1ccnc(-c2nc(C(=O)N[C@@H](C)C3CCCCC3)c(O)c(=O)[nH]2)c1. The number of hydrogen-bond donors (Lipinski definition) is 3. The number of carbonyl (C=O) groups excluding carboxylic acids is 1. The van der Waals surface area contributed by atoms with Crippen LogP contribution < -0.4 is 15.6 Å². The lowest BCUT2D eigenvalue weighted by molar-refractivity contribution is 0.0911. The van der Waals surface area contributed by atoms with Gasteiger partial charge in [0.2, 0.25) is 5.75 Å². The second-order valence-electron chi connectivity index (χ2n) is 6.85. The number of ether oxygens (including phenoxy) is 1. The molecule has 1 fully saturated rings. The van der Waals surface area contributed by atoms with Crippen LogP contribution in [0.5, 0.6) is 11.5 Å². The van der Waals surface area contributed by atoms with E-state index in [0.717, 1.165) is 25.7 Å². The summed E-state index contributed by atoms with van der Waals surface area (Å²) < 4.78 is 5.14. The smallest absolute Gasteiger partial charge is 0.294 e. The quantitative estimate of drug-likeness (QED) is 0.741. The molecule has 1 amide bonds. The Morgan fingerprint density at radius 3 is 2.81 bits per heavy atom. The number of aromatic hydroxyl groups is 1. The summed E-state index contributed by atoms with van der Waals surface area (Å²) in [6.45, 7) is 1.95. The highest BCUT2D eigenvalue weighted by molar-refractivity contribution is 5.95. The molecule has 3 rings (SSSR count). The minimum atomic E-state index is -0.792. The summed E-state index contributed by atoms with van der Waals surface area (Å²) in [5.41, 5.74) is -0.762. The van der Waals surface area contributed by atoms with Gasteiger partial charge in [-0.1, -0.05) is 19.3 Å². The fourth-order valence-corrected chi connectivity index (χ4v) is 3.44. The maximum atomic E-state index is 12.6. The molecule has 8 nitrogen and oxygen atoms in total. The van der Waals surface area contributed by atoms with Gasteiger partial charge in [-0.2, -0.15) is 0 Å². The Morgan fingerprint density at radius 2 is 2.11 bits per heavy atom. The summed E-state index contributed by atoms with van der Waals surface area (Å²) in [5, 5.41) is 12.9. The Labute approximate surface area is 157 Å². The average molecular weight is 372 g/mol. The predicted octanol–water partition coefficient (Wildman–Crippen LogP) is 2.24. The maximum Gasteiger partial charge on any atom is 0.294 e. The van der Waals surface area contributed by atoms with Gasteiger partial charge in [-0.05, 0) is 31.7 Å². The molecule has 0 radical (unpaired) electrons. The Kier molecular flexibility index (Phi) is 5.73. The van der Waals surface area contributed by atoms with Crippen LogP contribution >= 0.6 is 0 Å². The van der Waals surface area contributed by atoms with Gasteiger partial charge in [-0.3, -0.25) is 14.6 Å². The van der Waals surface area contributed by atoms with Crippen molar-refractivity contribution < 1.29 is 14.6 Å². The van der Waals surface area contributed by atoms with Crippen LogP contribution in [-0.2, 0) is 0 Å². The van der Waals surface area contributed by atoms with E-state index in [2.05, 4.69) is 20.3 Å². The summed E-state index contributed by atoms with van der Waals surface area (Å²) in [5.74, 6) is -0.248. The van der Waals surface area contributed by atoms with Gasteiger partial charge in [0.05, 0.1) is 7.11 Å². The van der Waals surface area contributed by atoms with Crippen LogP contribution in [0.15, 0.2) is 23.1 Å². The fourth-order valence-electron chi connectivity index (χ4n) is 3.44. The van der Waals surface area contributed by atoms with Crippen molar-refractivity contribution in [3.05, 3.63) is 34.4 Å². The molecule has 0 unspecified atom stereocenters. The molecule has 1 aliphatic carbocycles. The van der Waals surface area contributed by atoms with Crippen molar-refractivity contribution >= 4 is 5.91 Å². The number of nitrogens with zero attached hydrogens (tertiary/aromatic N) is 2. The zero-order chi connectivity index (χ0) is 19.4. The molecule has 0 spiro atoms. The highest BCUT2D eigenvalue weighted by atomic mass is 16.5. The second kappa shape index (κ2) is 8.20. The largest absolute Gasteiger partial charge is 0.501 e. The standard InChI is InChI=1S/C19H24N4O4/c1-11(12-6-4-3-5-7-12)21-18(25)15-16(24)19(26)23-17(22-15)14-10-13(27-2)8-9-20-14/h8-12,24H,3-7H2,1-2H3,(H,21,25)(H,22,23,26)/t11-/m0/s1. The number of H-pyrrole nitrogens is 1. The molecule has 0 saturated heterocycles. The van der Waals surface area contributed by atoms with Gasteiger partial charge in [0.25, 0.3) is 11.5 Å². The van der Waals surface area contributed by atoms with Crippen LogP contribution in [0.4, 0.5) is 0 Å². The summed E-state index contributed by atoms with van der Waals surface area (Å²) in [7, 11) is 1.51. The highest BCUT2D eigenvalue weighted by Gasteiger charge is 2.25. The zero-order valence-corrected chi connectivity index (χ0v) is 15.5. The number of aromatic nitrogens is 3. The van der Waals surface area contributed by atoms with Crippen LogP contribution in [0.1, 0.15) is 49.5 Å². The lowest BCUT2D eigenvalue weighted by Gasteiger charge is -2.28. The number of hydrogen-bond acceptors (Lipinski definition) is 6. The van der Waals surface area contributed by atoms with Crippen molar-refractivity contribution in [3.8, 4) is 23.0 Å². The van der Waals surface area contributed by atoms with E-state index in [9.17, 15) is 14.7 Å². The number of rotatable bonds is 5. The number of amides is 1. The normalized spacial score (nSPS) is 15.9. The third-order valence-electron chi connectivity index (χ3n) is 5.04. The third-order valence-corrected chi connectivity index (χ3v) is 5.04. The molecule has 1 atom stereocenters. The molecule has 144 valence electrons. The molecule has 2 heterocycles. The number of methoxy groups -OCH3 is 1. The molecule has 1 aliphatic rings. The second-order valence-corrected chi connectivity index (χ2v) is 6.85. The number of carbonyl (C=O) groups is 1. The summed E-state index contributed by atoms with van der Waals surface area (Å²) in [6, 6.07) is 3.18. The van der Waals surface area contributed by atoms with E-state index in [4.69, 9.17) is 4.74 Å². The molecule has 2 aromatic heterocycles. The first-order valence-corrected chi connectivity index (χ1v) is 9.14. The van der Waals surface area contributed by atoms with Gasteiger partial charge >= 0.3 is 0 Å². The average Bonchev–Trinajstić information content (AvgIpc) is 2.70. The predicted molar refractivity (Wildman–Crippen MR) is 99.8 cm³/mol. The Balaban J connectivity index is 1.87. The van der Waals surface area contributed by atoms with Crippen molar-refractivity contribution in [1.82, 2.24) is 20.3 Å². The highest BCUT2D eigenvalue weighted by Crippen LogP contribution is 2.26. The first-order valence-electron chi connectivity index (χ1n) is 9.14. The van der Waals surface area contributed by atoms with Crippen molar-refractivity contribution in [1.29, 1.82) is 0 Å². The topological polar surface area (TPSA) is 117 Å². The van der Waals surface area contributed by atoms with Gasteiger partial charge in [-0.25, -0.2) is 4.98 Å². The Bertz CT molecular complexity index is 874. The van der Waals surface area contributed by atoms with E-state index in [0.29, 0.717) is 17.4 Å². The van der Waals surface area contributed by atoms with Crippen LogP contribution in [0.2, 0.25) is 0 Å². The first-order chi connectivity index (χ1) is 13.0. The van der Waals surface area contributed by atoms with E-state index < -0.39 is 17.2 Å². The molecule has 3 N–H and O–H groups in total. The zero-order valence-electron chi connectivity index (χ0n) is 15.5. The van der Waals surface area contributed by atoms with Crippen molar-refractivity contribution in [2.24, 2.45) is 5.92 Å². The van der Waals surface area contributed by atoms with E-state index in [1.807, 2.05) is 6.92 Å². The minimum Gasteiger partial charge on any atom is -0.501 e.